The van der Waals surface area contributed by atoms with Crippen LogP contribution in [-0.2, 0) is 9.53 Å². The predicted molar refractivity (Wildman–Crippen MR) is 63.9 cm³/mol. The number of oxazole rings is 1. The van der Waals surface area contributed by atoms with Crippen molar-refractivity contribution >= 4 is 11.9 Å². The van der Waals surface area contributed by atoms with Gasteiger partial charge in [-0.3, -0.25) is 9.59 Å². The van der Waals surface area contributed by atoms with Gasteiger partial charge in [-0.15, -0.1) is 0 Å². The van der Waals surface area contributed by atoms with Crippen molar-refractivity contribution in [3.63, 3.8) is 0 Å². The Balaban J connectivity index is 2.19. The molecule has 1 unspecified atom stereocenters. The SMILES string of the molecule is Cc1nc(C)c(C(=O)N2CCOCC2CC(=O)O)o1. The number of hydrogen-bond acceptors (Lipinski definition) is 5. The van der Waals surface area contributed by atoms with E-state index in [4.69, 9.17) is 14.3 Å². The highest BCUT2D eigenvalue weighted by molar-refractivity contribution is 5.93. The highest BCUT2D eigenvalue weighted by atomic mass is 16.5. The number of aromatic nitrogens is 1. The lowest BCUT2D eigenvalue weighted by atomic mass is 10.1. The number of hydrogen-bond donors (Lipinski definition) is 1. The fourth-order valence-electron chi connectivity index (χ4n) is 2.15. The molecule has 1 aromatic heterocycles. The van der Waals surface area contributed by atoms with Gasteiger partial charge >= 0.3 is 5.97 Å². The Hall–Kier alpha value is -1.89. The van der Waals surface area contributed by atoms with E-state index in [2.05, 4.69) is 4.98 Å². The van der Waals surface area contributed by atoms with Crippen LogP contribution in [0.15, 0.2) is 4.42 Å². The number of aliphatic carboxylic acids is 1. The van der Waals surface area contributed by atoms with E-state index in [1.807, 2.05) is 0 Å². The molecule has 0 spiro atoms. The fraction of sp³-hybridized carbons (Fsp3) is 0.583. The van der Waals surface area contributed by atoms with Gasteiger partial charge < -0.3 is 19.2 Å². The summed E-state index contributed by atoms with van der Waals surface area (Å²) >= 11 is 0. The van der Waals surface area contributed by atoms with Gasteiger partial charge in [-0.1, -0.05) is 0 Å². The van der Waals surface area contributed by atoms with E-state index in [0.29, 0.717) is 24.7 Å². The van der Waals surface area contributed by atoms with Gasteiger partial charge in [-0.05, 0) is 6.92 Å². The second-order valence-corrected chi connectivity index (χ2v) is 4.47. The minimum absolute atomic E-state index is 0.141. The molecule has 0 radical (unpaired) electrons. The van der Waals surface area contributed by atoms with Crippen LogP contribution < -0.4 is 0 Å². The van der Waals surface area contributed by atoms with Gasteiger partial charge in [0.15, 0.2) is 5.89 Å². The molecule has 7 heteroatoms. The van der Waals surface area contributed by atoms with Crippen LogP contribution in [0, 0.1) is 13.8 Å². The van der Waals surface area contributed by atoms with Crippen molar-refractivity contribution < 1.29 is 23.8 Å². The second-order valence-electron chi connectivity index (χ2n) is 4.47. The van der Waals surface area contributed by atoms with Gasteiger partial charge in [-0.2, -0.15) is 0 Å². The summed E-state index contributed by atoms with van der Waals surface area (Å²) in [5.74, 6) is -0.690. The molecule has 1 N–H and O–H groups in total. The van der Waals surface area contributed by atoms with Crippen LogP contribution >= 0.6 is 0 Å². The third-order valence-electron chi connectivity index (χ3n) is 3.00. The zero-order valence-electron chi connectivity index (χ0n) is 10.9. The zero-order valence-corrected chi connectivity index (χ0v) is 10.9. The van der Waals surface area contributed by atoms with E-state index in [-0.39, 0.29) is 24.7 Å². The number of rotatable bonds is 3. The Morgan fingerprint density at radius 3 is 2.79 bits per heavy atom. The molecule has 0 aliphatic carbocycles. The Morgan fingerprint density at radius 1 is 1.47 bits per heavy atom. The third-order valence-corrected chi connectivity index (χ3v) is 3.00. The normalized spacial score (nSPS) is 19.5. The summed E-state index contributed by atoms with van der Waals surface area (Å²) in [5, 5.41) is 8.87. The minimum Gasteiger partial charge on any atom is -0.481 e. The molecule has 1 aliphatic rings. The van der Waals surface area contributed by atoms with Crippen molar-refractivity contribution in [2.75, 3.05) is 19.8 Å². The van der Waals surface area contributed by atoms with Crippen molar-refractivity contribution in [2.45, 2.75) is 26.3 Å². The number of amides is 1. The Bertz CT molecular complexity index is 496. The van der Waals surface area contributed by atoms with Crippen LogP contribution in [0.5, 0.6) is 0 Å². The van der Waals surface area contributed by atoms with E-state index in [0.717, 1.165) is 0 Å². The van der Waals surface area contributed by atoms with Crippen LogP contribution in [0.1, 0.15) is 28.6 Å². The van der Waals surface area contributed by atoms with Gasteiger partial charge in [0, 0.05) is 13.5 Å². The molecular weight excluding hydrogens is 252 g/mol. The molecule has 0 aromatic carbocycles. The van der Waals surface area contributed by atoms with E-state index < -0.39 is 12.0 Å². The fourth-order valence-corrected chi connectivity index (χ4v) is 2.15. The summed E-state index contributed by atoms with van der Waals surface area (Å²) in [5.41, 5.74) is 0.517. The molecule has 1 atom stereocenters. The maximum absolute atomic E-state index is 12.4. The summed E-state index contributed by atoms with van der Waals surface area (Å²) in [6, 6.07) is -0.469. The van der Waals surface area contributed by atoms with Gasteiger partial charge in [0.05, 0.1) is 31.4 Å². The molecule has 1 aromatic rings. The van der Waals surface area contributed by atoms with Gasteiger partial charge in [0.2, 0.25) is 5.76 Å². The molecular formula is C12H16N2O5. The van der Waals surface area contributed by atoms with Crippen molar-refractivity contribution in [1.82, 2.24) is 9.88 Å². The molecule has 1 saturated heterocycles. The van der Waals surface area contributed by atoms with E-state index >= 15 is 0 Å². The first kappa shape index (κ1) is 13.5. The highest BCUT2D eigenvalue weighted by Gasteiger charge is 2.32. The largest absolute Gasteiger partial charge is 0.481 e. The van der Waals surface area contributed by atoms with Crippen LogP contribution in [0.2, 0.25) is 0 Å². The number of nitrogens with zero attached hydrogens (tertiary/aromatic N) is 2. The summed E-state index contributed by atoms with van der Waals surface area (Å²) < 4.78 is 10.5. The highest BCUT2D eigenvalue weighted by Crippen LogP contribution is 2.18. The number of morpholine rings is 1. The molecule has 0 saturated carbocycles. The van der Waals surface area contributed by atoms with Crippen molar-refractivity contribution in [3.05, 3.63) is 17.3 Å². The van der Waals surface area contributed by atoms with Crippen LogP contribution in [0.25, 0.3) is 0 Å². The maximum Gasteiger partial charge on any atom is 0.305 e. The summed E-state index contributed by atoms with van der Waals surface area (Å²) in [6.45, 7) is 4.34. The molecule has 19 heavy (non-hydrogen) atoms. The molecule has 2 rings (SSSR count). The molecule has 1 fully saturated rings. The van der Waals surface area contributed by atoms with Crippen LogP contribution in [0.4, 0.5) is 0 Å². The summed E-state index contributed by atoms with van der Waals surface area (Å²) in [6.07, 6.45) is -0.141. The maximum atomic E-state index is 12.4. The first-order chi connectivity index (χ1) is 8.99. The minimum atomic E-state index is -0.959. The molecule has 104 valence electrons. The first-order valence-electron chi connectivity index (χ1n) is 6.03. The summed E-state index contributed by atoms with van der Waals surface area (Å²) in [4.78, 5) is 28.7. The van der Waals surface area contributed by atoms with Gasteiger partial charge in [-0.25, -0.2) is 4.98 Å². The van der Waals surface area contributed by atoms with Crippen LogP contribution in [-0.4, -0.2) is 52.7 Å². The lowest BCUT2D eigenvalue weighted by molar-refractivity contribution is -0.139. The lowest BCUT2D eigenvalue weighted by Crippen LogP contribution is -2.49. The van der Waals surface area contributed by atoms with E-state index in [9.17, 15) is 9.59 Å². The summed E-state index contributed by atoms with van der Waals surface area (Å²) in [7, 11) is 0. The average Bonchev–Trinajstić information content (AvgIpc) is 2.67. The quantitative estimate of drug-likeness (QED) is 0.863. The molecule has 7 nitrogen and oxygen atoms in total. The van der Waals surface area contributed by atoms with Gasteiger partial charge in [0.25, 0.3) is 5.91 Å². The van der Waals surface area contributed by atoms with E-state index in [1.54, 1.807) is 13.8 Å². The molecule has 2 heterocycles. The number of carbonyl (C=O) groups is 2. The van der Waals surface area contributed by atoms with Crippen LogP contribution in [0.3, 0.4) is 0 Å². The van der Waals surface area contributed by atoms with E-state index in [1.165, 1.54) is 4.90 Å². The number of carbonyl (C=O) groups excluding carboxylic acids is 1. The smallest absolute Gasteiger partial charge is 0.305 e. The average molecular weight is 268 g/mol. The monoisotopic (exact) mass is 268 g/mol. The molecule has 1 aliphatic heterocycles. The van der Waals surface area contributed by atoms with Crippen molar-refractivity contribution in [2.24, 2.45) is 0 Å². The third kappa shape index (κ3) is 2.93. The first-order valence-corrected chi connectivity index (χ1v) is 6.03. The zero-order chi connectivity index (χ0) is 14.0. The van der Waals surface area contributed by atoms with Gasteiger partial charge in [0.1, 0.15) is 0 Å². The number of carboxylic acid groups (broad SMARTS) is 1. The number of carboxylic acids is 1. The number of ether oxygens (including phenoxy) is 1. The van der Waals surface area contributed by atoms with Crippen molar-refractivity contribution in [3.8, 4) is 0 Å². The Morgan fingerprint density at radius 2 is 2.21 bits per heavy atom. The Labute approximate surface area is 110 Å². The molecule has 1 amide bonds. The second kappa shape index (κ2) is 5.40. The topological polar surface area (TPSA) is 92.9 Å². The van der Waals surface area contributed by atoms with Crippen molar-refractivity contribution in [1.29, 1.82) is 0 Å². The molecule has 0 bridgehead atoms. The Kier molecular flexibility index (Phi) is 3.84. The number of aryl methyl sites for hydroxylation is 2. The predicted octanol–water partition coefficient (Wildman–Crippen LogP) is 0.607. The lowest BCUT2D eigenvalue weighted by Gasteiger charge is -2.34. The standard InChI is InChI=1S/C12H16N2O5/c1-7-11(19-8(2)13-7)12(17)14-3-4-18-6-9(14)5-10(15)16/h9H,3-6H2,1-2H3,(H,15,16).